The number of ether oxygens (including phenoxy) is 1. The molecule has 0 saturated heterocycles. The second-order valence-electron chi connectivity index (χ2n) is 4.42. The molecule has 1 rings (SSSR count). The summed E-state index contributed by atoms with van der Waals surface area (Å²) < 4.78 is 27.6. The van der Waals surface area contributed by atoms with Gasteiger partial charge in [-0.05, 0) is 31.7 Å². The zero-order valence-corrected chi connectivity index (χ0v) is 13.3. The van der Waals surface area contributed by atoms with Crippen LogP contribution in [0.2, 0.25) is 0 Å². The number of methoxy groups -OCH3 is 1. The normalized spacial score (nSPS) is 11.6. The average Bonchev–Trinajstić information content (AvgIpc) is 2.75. The van der Waals surface area contributed by atoms with Gasteiger partial charge in [0.1, 0.15) is 4.21 Å². The topological polar surface area (TPSA) is 98.5 Å². The summed E-state index contributed by atoms with van der Waals surface area (Å²) in [6.45, 7) is 2.86. The summed E-state index contributed by atoms with van der Waals surface area (Å²) in [6, 6.07) is 0. The number of carbonyl (C=O) groups excluding carboxylic acids is 1. The fourth-order valence-electron chi connectivity index (χ4n) is 1.75. The maximum atomic E-state index is 11.9. The molecule has 0 aliphatic heterocycles. The summed E-state index contributed by atoms with van der Waals surface area (Å²) in [5.74, 6) is -0.264. The van der Waals surface area contributed by atoms with E-state index in [1.54, 1.807) is 14.0 Å². The number of unbranched alkanes of at least 4 members (excludes halogenated alkanes) is 2. The number of hydrogen-bond acceptors (Lipinski definition) is 5. The van der Waals surface area contributed by atoms with Gasteiger partial charge in [0, 0.05) is 25.6 Å². The SMILES string of the molecule is COCCCCCNC(=O)c1csc(S(N)(=O)=O)c1C. The monoisotopic (exact) mass is 320 g/mol. The van der Waals surface area contributed by atoms with E-state index in [0.717, 1.165) is 37.2 Å². The number of hydrogen-bond donors (Lipinski definition) is 2. The number of amides is 1. The first-order valence-electron chi connectivity index (χ1n) is 6.26. The molecule has 8 heteroatoms. The van der Waals surface area contributed by atoms with Gasteiger partial charge < -0.3 is 10.1 Å². The summed E-state index contributed by atoms with van der Waals surface area (Å²) >= 11 is 0.971. The molecule has 0 bridgehead atoms. The quantitative estimate of drug-likeness (QED) is 0.704. The maximum absolute atomic E-state index is 11.9. The number of rotatable bonds is 8. The Hall–Kier alpha value is -0.960. The molecule has 0 radical (unpaired) electrons. The highest BCUT2D eigenvalue weighted by Gasteiger charge is 2.20. The van der Waals surface area contributed by atoms with Gasteiger partial charge in [0.15, 0.2) is 0 Å². The first-order chi connectivity index (χ1) is 9.38. The summed E-state index contributed by atoms with van der Waals surface area (Å²) in [5.41, 5.74) is 0.783. The Bertz CT molecular complexity index is 552. The third-order valence-corrected chi connectivity index (χ3v) is 5.49. The Kier molecular flexibility index (Phi) is 6.60. The largest absolute Gasteiger partial charge is 0.385 e. The number of sulfonamides is 1. The van der Waals surface area contributed by atoms with Crippen LogP contribution in [0.25, 0.3) is 0 Å². The van der Waals surface area contributed by atoms with Crippen molar-refractivity contribution >= 4 is 27.3 Å². The molecule has 0 atom stereocenters. The molecule has 0 unspecified atom stereocenters. The Morgan fingerprint density at radius 3 is 2.65 bits per heavy atom. The molecule has 1 heterocycles. The first-order valence-corrected chi connectivity index (χ1v) is 8.68. The molecule has 1 amide bonds. The highest BCUT2D eigenvalue weighted by molar-refractivity contribution is 7.91. The van der Waals surface area contributed by atoms with Crippen molar-refractivity contribution in [2.24, 2.45) is 5.14 Å². The maximum Gasteiger partial charge on any atom is 0.252 e. The molecule has 1 aromatic heterocycles. The fourth-order valence-corrected chi connectivity index (χ4v) is 3.76. The Balaban J connectivity index is 2.51. The van der Waals surface area contributed by atoms with E-state index in [0.29, 0.717) is 17.7 Å². The third-order valence-electron chi connectivity index (χ3n) is 2.81. The van der Waals surface area contributed by atoms with Gasteiger partial charge in [-0.15, -0.1) is 11.3 Å². The molecular weight excluding hydrogens is 300 g/mol. The van der Waals surface area contributed by atoms with Crippen molar-refractivity contribution in [2.45, 2.75) is 30.4 Å². The van der Waals surface area contributed by atoms with E-state index in [-0.39, 0.29) is 10.1 Å². The van der Waals surface area contributed by atoms with Crippen LogP contribution in [0.4, 0.5) is 0 Å². The number of thiophene rings is 1. The van der Waals surface area contributed by atoms with Gasteiger partial charge in [-0.2, -0.15) is 0 Å². The van der Waals surface area contributed by atoms with Crippen LogP contribution in [-0.4, -0.2) is 34.6 Å². The molecule has 0 spiro atoms. The highest BCUT2D eigenvalue weighted by atomic mass is 32.2. The lowest BCUT2D eigenvalue weighted by atomic mass is 10.2. The van der Waals surface area contributed by atoms with Crippen molar-refractivity contribution in [1.82, 2.24) is 5.32 Å². The summed E-state index contributed by atoms with van der Waals surface area (Å²) in [7, 11) is -2.10. The highest BCUT2D eigenvalue weighted by Crippen LogP contribution is 2.25. The Morgan fingerprint density at radius 1 is 1.40 bits per heavy atom. The van der Waals surface area contributed by atoms with Crippen LogP contribution in [0.15, 0.2) is 9.59 Å². The lowest BCUT2D eigenvalue weighted by Gasteiger charge is -2.05. The van der Waals surface area contributed by atoms with Crippen LogP contribution in [-0.2, 0) is 14.8 Å². The first kappa shape index (κ1) is 17.1. The van der Waals surface area contributed by atoms with E-state index in [1.165, 1.54) is 5.38 Å². The minimum absolute atomic E-state index is 0.0442. The number of carbonyl (C=O) groups is 1. The zero-order valence-electron chi connectivity index (χ0n) is 11.6. The van der Waals surface area contributed by atoms with Crippen molar-refractivity contribution in [3.05, 3.63) is 16.5 Å². The minimum atomic E-state index is -3.76. The van der Waals surface area contributed by atoms with E-state index >= 15 is 0 Å². The second kappa shape index (κ2) is 7.72. The van der Waals surface area contributed by atoms with Gasteiger partial charge in [-0.3, -0.25) is 4.79 Å². The Labute approximate surface area is 123 Å². The van der Waals surface area contributed by atoms with Crippen molar-refractivity contribution in [2.75, 3.05) is 20.3 Å². The van der Waals surface area contributed by atoms with Crippen LogP contribution < -0.4 is 10.5 Å². The predicted molar refractivity (Wildman–Crippen MR) is 78.5 cm³/mol. The molecule has 0 fully saturated rings. The minimum Gasteiger partial charge on any atom is -0.385 e. The molecule has 0 aromatic carbocycles. The van der Waals surface area contributed by atoms with Crippen molar-refractivity contribution in [1.29, 1.82) is 0 Å². The standard InChI is InChI=1S/C12H20N2O4S2/c1-9-10(8-19-12(9)20(13,16)17)11(15)14-6-4-3-5-7-18-2/h8H,3-7H2,1-2H3,(H,14,15)(H2,13,16,17). The van der Waals surface area contributed by atoms with Gasteiger partial charge in [-0.25, -0.2) is 13.6 Å². The van der Waals surface area contributed by atoms with Crippen LogP contribution in [0.3, 0.4) is 0 Å². The zero-order chi connectivity index (χ0) is 15.2. The van der Waals surface area contributed by atoms with Gasteiger partial charge in [0.05, 0.1) is 5.56 Å². The van der Waals surface area contributed by atoms with Gasteiger partial charge >= 0.3 is 0 Å². The molecular formula is C12H20N2O4S2. The number of nitrogens with one attached hydrogen (secondary N) is 1. The summed E-state index contributed by atoms with van der Waals surface area (Å²) in [5, 5.41) is 9.37. The van der Waals surface area contributed by atoms with Gasteiger partial charge in [0.25, 0.3) is 5.91 Å². The average molecular weight is 320 g/mol. The van der Waals surface area contributed by atoms with E-state index in [2.05, 4.69) is 5.32 Å². The molecule has 114 valence electrons. The molecule has 6 nitrogen and oxygen atoms in total. The van der Waals surface area contributed by atoms with Crippen LogP contribution in [0.1, 0.15) is 35.2 Å². The molecule has 20 heavy (non-hydrogen) atoms. The van der Waals surface area contributed by atoms with E-state index in [4.69, 9.17) is 9.88 Å². The molecule has 3 N–H and O–H groups in total. The predicted octanol–water partition coefficient (Wildman–Crippen LogP) is 1.25. The summed E-state index contributed by atoms with van der Waals surface area (Å²) in [4.78, 5) is 11.9. The van der Waals surface area contributed by atoms with Gasteiger partial charge in [0.2, 0.25) is 10.0 Å². The van der Waals surface area contributed by atoms with Crippen molar-refractivity contribution < 1.29 is 17.9 Å². The van der Waals surface area contributed by atoms with Crippen LogP contribution in [0, 0.1) is 6.92 Å². The second-order valence-corrected chi connectivity index (χ2v) is 7.05. The Morgan fingerprint density at radius 2 is 2.10 bits per heavy atom. The lowest BCUT2D eigenvalue weighted by molar-refractivity contribution is 0.0952. The van der Waals surface area contributed by atoms with E-state index in [9.17, 15) is 13.2 Å². The number of nitrogens with two attached hydrogens (primary N) is 1. The summed E-state index contributed by atoms with van der Waals surface area (Å²) in [6.07, 6.45) is 2.79. The fraction of sp³-hybridized carbons (Fsp3) is 0.583. The third kappa shape index (κ3) is 4.86. The van der Waals surface area contributed by atoms with Gasteiger partial charge in [-0.1, -0.05) is 0 Å². The number of primary sulfonamides is 1. The molecule has 0 saturated carbocycles. The van der Waals surface area contributed by atoms with Crippen molar-refractivity contribution in [3.8, 4) is 0 Å². The molecule has 1 aromatic rings. The lowest BCUT2D eigenvalue weighted by Crippen LogP contribution is -2.25. The molecule has 0 aliphatic rings. The van der Waals surface area contributed by atoms with E-state index < -0.39 is 10.0 Å². The van der Waals surface area contributed by atoms with Crippen LogP contribution in [0.5, 0.6) is 0 Å². The van der Waals surface area contributed by atoms with E-state index in [1.807, 2.05) is 0 Å². The van der Waals surface area contributed by atoms with Crippen molar-refractivity contribution in [3.63, 3.8) is 0 Å². The smallest absolute Gasteiger partial charge is 0.252 e. The van der Waals surface area contributed by atoms with Crippen LogP contribution >= 0.6 is 11.3 Å². The molecule has 0 aliphatic carbocycles.